The highest BCUT2D eigenvalue weighted by molar-refractivity contribution is 6.17. The molecule has 0 aliphatic carbocycles. The van der Waals surface area contributed by atoms with E-state index in [1.165, 1.54) is 0 Å². The van der Waals surface area contributed by atoms with Crippen molar-refractivity contribution >= 4 is 23.2 Å². The average Bonchev–Trinajstić information content (AvgIpc) is 2.77. The lowest BCUT2D eigenvalue weighted by molar-refractivity contribution is -0.119. The summed E-state index contributed by atoms with van der Waals surface area (Å²) in [6.07, 6.45) is 0. The van der Waals surface area contributed by atoms with Crippen LogP contribution in [-0.4, -0.2) is 25.0 Å². The second-order valence-electron chi connectivity index (χ2n) is 6.98. The fourth-order valence-corrected chi connectivity index (χ4v) is 3.68. The van der Waals surface area contributed by atoms with Crippen LogP contribution in [0, 0.1) is 0 Å². The second-order valence-corrected chi connectivity index (χ2v) is 6.98. The van der Waals surface area contributed by atoms with Crippen molar-refractivity contribution in [2.75, 3.05) is 16.9 Å². The number of carbonyl (C=O) groups is 2. The van der Waals surface area contributed by atoms with Crippen LogP contribution in [0.25, 0.3) is 0 Å². The molecule has 4 rings (SSSR count). The van der Waals surface area contributed by atoms with E-state index in [4.69, 9.17) is 4.74 Å². The van der Waals surface area contributed by atoms with E-state index in [-0.39, 0.29) is 11.8 Å². The van der Waals surface area contributed by atoms with Crippen molar-refractivity contribution in [2.24, 2.45) is 0 Å². The van der Waals surface area contributed by atoms with Crippen LogP contribution in [0.15, 0.2) is 78.9 Å². The van der Waals surface area contributed by atoms with Crippen LogP contribution >= 0.6 is 0 Å². The maximum atomic E-state index is 13.3. The van der Waals surface area contributed by atoms with Gasteiger partial charge in [0.25, 0.3) is 5.91 Å². The van der Waals surface area contributed by atoms with Gasteiger partial charge in [0.15, 0.2) is 0 Å². The molecule has 0 radical (unpaired) electrons. The van der Waals surface area contributed by atoms with E-state index in [1.807, 2.05) is 66.7 Å². The van der Waals surface area contributed by atoms with Crippen LogP contribution < -0.4 is 14.5 Å². The van der Waals surface area contributed by atoms with Crippen LogP contribution in [0.1, 0.15) is 22.8 Å². The molecule has 0 fully saturated rings. The number of fused-ring (bicyclic) bond motifs is 1. The molecule has 1 atom stereocenters. The summed E-state index contributed by atoms with van der Waals surface area (Å²) in [7, 11) is 1.62. The summed E-state index contributed by atoms with van der Waals surface area (Å²) in [4.78, 5) is 29.8. The van der Waals surface area contributed by atoms with Gasteiger partial charge in [-0.15, -0.1) is 0 Å². The quantitative estimate of drug-likeness (QED) is 0.673. The number of anilines is 2. The smallest absolute Gasteiger partial charge is 0.259 e. The van der Waals surface area contributed by atoms with Crippen molar-refractivity contribution in [3.05, 3.63) is 90.0 Å². The van der Waals surface area contributed by atoms with Gasteiger partial charge in [0.2, 0.25) is 5.91 Å². The average molecular weight is 386 g/mol. The normalized spacial score (nSPS) is 15.8. The minimum Gasteiger partial charge on any atom is -0.497 e. The van der Waals surface area contributed by atoms with Gasteiger partial charge in [0, 0.05) is 5.56 Å². The highest BCUT2D eigenvalue weighted by Gasteiger charge is 2.38. The van der Waals surface area contributed by atoms with Crippen LogP contribution in [0.4, 0.5) is 11.4 Å². The van der Waals surface area contributed by atoms with Gasteiger partial charge in [-0.05, 0) is 48.9 Å². The van der Waals surface area contributed by atoms with E-state index in [0.29, 0.717) is 12.1 Å². The Hall–Kier alpha value is -3.60. The van der Waals surface area contributed by atoms with Crippen LogP contribution in [0.2, 0.25) is 0 Å². The molecule has 1 heterocycles. The Morgan fingerprint density at radius 3 is 2.34 bits per heavy atom. The third kappa shape index (κ3) is 3.47. The molecule has 29 heavy (non-hydrogen) atoms. The van der Waals surface area contributed by atoms with Gasteiger partial charge in [-0.25, -0.2) is 0 Å². The van der Waals surface area contributed by atoms with Gasteiger partial charge >= 0.3 is 0 Å². The van der Waals surface area contributed by atoms with Crippen LogP contribution in [-0.2, 0) is 11.3 Å². The molecule has 0 N–H and O–H groups in total. The van der Waals surface area contributed by atoms with E-state index in [9.17, 15) is 9.59 Å². The number of carbonyl (C=O) groups excluding carboxylic acids is 2. The predicted molar refractivity (Wildman–Crippen MR) is 113 cm³/mol. The van der Waals surface area contributed by atoms with Crippen LogP contribution in [0.3, 0.4) is 0 Å². The number of para-hydroxylation sites is 2. The van der Waals surface area contributed by atoms with Gasteiger partial charge in [-0.1, -0.05) is 42.5 Å². The van der Waals surface area contributed by atoms with Crippen LogP contribution in [0.5, 0.6) is 5.75 Å². The Labute approximate surface area is 170 Å². The number of amides is 2. The Bertz CT molecular complexity index is 1050. The Kier molecular flexibility index (Phi) is 5.04. The minimum atomic E-state index is -0.608. The number of benzene rings is 3. The lowest BCUT2D eigenvalue weighted by Crippen LogP contribution is -2.54. The highest BCUT2D eigenvalue weighted by atomic mass is 16.5. The van der Waals surface area contributed by atoms with Gasteiger partial charge in [-0.3, -0.25) is 14.5 Å². The Morgan fingerprint density at radius 2 is 1.62 bits per heavy atom. The van der Waals surface area contributed by atoms with Gasteiger partial charge in [0.05, 0.1) is 25.0 Å². The largest absolute Gasteiger partial charge is 0.497 e. The maximum absolute atomic E-state index is 13.3. The van der Waals surface area contributed by atoms with Gasteiger partial charge in [-0.2, -0.15) is 0 Å². The van der Waals surface area contributed by atoms with Crippen molar-refractivity contribution in [1.82, 2.24) is 0 Å². The van der Waals surface area contributed by atoms with E-state index >= 15 is 0 Å². The molecule has 3 aromatic rings. The molecule has 1 aliphatic rings. The molecule has 0 saturated carbocycles. The van der Waals surface area contributed by atoms with E-state index in [0.717, 1.165) is 22.7 Å². The number of nitrogens with zero attached hydrogens (tertiary/aromatic N) is 2. The highest BCUT2D eigenvalue weighted by Crippen LogP contribution is 2.38. The first-order valence-electron chi connectivity index (χ1n) is 9.52. The first-order valence-corrected chi connectivity index (χ1v) is 9.52. The second kappa shape index (κ2) is 7.80. The van der Waals surface area contributed by atoms with E-state index in [2.05, 4.69) is 0 Å². The molecule has 3 aromatic carbocycles. The molecule has 0 unspecified atom stereocenters. The standard InChI is InChI=1S/C24H22N2O3/c1-17-23(27)25(16-18-9-8-12-20(15-18)29-2)21-13-6-7-14-22(21)26(17)24(28)19-10-4-3-5-11-19/h3-15,17H,16H2,1-2H3/t17-/m0/s1. The minimum absolute atomic E-state index is 0.115. The Balaban J connectivity index is 1.74. The summed E-state index contributed by atoms with van der Waals surface area (Å²) >= 11 is 0. The van der Waals surface area contributed by atoms with Gasteiger partial charge in [0.1, 0.15) is 11.8 Å². The zero-order valence-corrected chi connectivity index (χ0v) is 16.4. The molecule has 0 spiro atoms. The summed E-state index contributed by atoms with van der Waals surface area (Å²) in [5.74, 6) is 0.449. The van der Waals surface area contributed by atoms with E-state index in [1.54, 1.807) is 36.0 Å². The third-order valence-electron chi connectivity index (χ3n) is 5.16. The van der Waals surface area contributed by atoms with Crippen molar-refractivity contribution < 1.29 is 14.3 Å². The number of hydrogen-bond donors (Lipinski definition) is 0. The summed E-state index contributed by atoms with van der Waals surface area (Å²) in [6, 6.07) is 23.6. The molecule has 1 aliphatic heterocycles. The van der Waals surface area contributed by atoms with Crippen molar-refractivity contribution in [3.63, 3.8) is 0 Å². The summed E-state index contributed by atoms with van der Waals surface area (Å²) < 4.78 is 5.30. The monoisotopic (exact) mass is 386 g/mol. The maximum Gasteiger partial charge on any atom is 0.259 e. The fourth-order valence-electron chi connectivity index (χ4n) is 3.68. The Morgan fingerprint density at radius 1 is 0.931 bits per heavy atom. The van der Waals surface area contributed by atoms with Gasteiger partial charge < -0.3 is 9.64 Å². The summed E-state index contributed by atoms with van der Waals surface area (Å²) in [6.45, 7) is 2.18. The fraction of sp³-hybridized carbons (Fsp3) is 0.167. The number of rotatable bonds is 4. The number of ether oxygens (including phenoxy) is 1. The molecule has 5 heteroatoms. The molecule has 0 saturated heterocycles. The predicted octanol–water partition coefficient (Wildman–Crippen LogP) is 4.28. The molecule has 0 aromatic heterocycles. The zero-order chi connectivity index (χ0) is 20.4. The number of hydrogen-bond acceptors (Lipinski definition) is 3. The topological polar surface area (TPSA) is 49.9 Å². The summed E-state index contributed by atoms with van der Waals surface area (Å²) in [5, 5.41) is 0. The van der Waals surface area contributed by atoms with Crippen molar-refractivity contribution in [3.8, 4) is 5.75 Å². The molecular weight excluding hydrogens is 364 g/mol. The third-order valence-corrected chi connectivity index (χ3v) is 5.16. The lowest BCUT2D eigenvalue weighted by Gasteiger charge is -2.40. The summed E-state index contributed by atoms with van der Waals surface area (Å²) in [5.41, 5.74) is 2.98. The molecule has 2 amide bonds. The SMILES string of the molecule is COc1cccc(CN2C(=O)[C@H](C)N(C(=O)c3ccccc3)c3ccccc32)c1. The first-order chi connectivity index (χ1) is 14.1. The molecule has 5 nitrogen and oxygen atoms in total. The molecule has 146 valence electrons. The zero-order valence-electron chi connectivity index (χ0n) is 16.4. The molecular formula is C24H22N2O3. The van der Waals surface area contributed by atoms with E-state index < -0.39 is 6.04 Å². The van der Waals surface area contributed by atoms with Crippen molar-refractivity contribution in [2.45, 2.75) is 19.5 Å². The number of methoxy groups -OCH3 is 1. The lowest BCUT2D eigenvalue weighted by atomic mass is 10.0. The molecule has 0 bridgehead atoms. The van der Waals surface area contributed by atoms with Crippen molar-refractivity contribution in [1.29, 1.82) is 0 Å². The first kappa shape index (κ1) is 18.7.